The second kappa shape index (κ2) is 9.00. The molecule has 2 aromatic rings. The van der Waals surface area contributed by atoms with Crippen LogP contribution in [0.4, 0.5) is 11.4 Å². The second-order valence-corrected chi connectivity index (χ2v) is 7.43. The van der Waals surface area contributed by atoms with Gasteiger partial charge < -0.3 is 9.84 Å². The van der Waals surface area contributed by atoms with Gasteiger partial charge in [0.15, 0.2) is 0 Å². The standard InChI is InChI=1S/C18H18N2O7S/c1-2-11-27-16-7-3-5-14(12-16)19(10-9-18(21)22)28(25,26)17-8-4-6-15(13-17)20(23)24/h2-8,12-13H,1,9-11H2,(H,21,22). The van der Waals surface area contributed by atoms with Gasteiger partial charge in [0.25, 0.3) is 15.7 Å². The maximum absolute atomic E-state index is 13.1. The highest BCUT2D eigenvalue weighted by molar-refractivity contribution is 7.92. The highest BCUT2D eigenvalue weighted by Gasteiger charge is 2.27. The molecule has 0 amide bonds. The molecule has 0 aromatic heterocycles. The van der Waals surface area contributed by atoms with Crippen LogP contribution in [0.1, 0.15) is 6.42 Å². The highest BCUT2D eigenvalue weighted by atomic mass is 32.2. The van der Waals surface area contributed by atoms with Crippen LogP contribution in [-0.2, 0) is 14.8 Å². The minimum atomic E-state index is -4.25. The summed E-state index contributed by atoms with van der Waals surface area (Å²) < 4.78 is 32.5. The lowest BCUT2D eigenvalue weighted by molar-refractivity contribution is -0.385. The summed E-state index contributed by atoms with van der Waals surface area (Å²) in [6, 6.07) is 10.7. The Bertz CT molecular complexity index is 989. The van der Waals surface area contributed by atoms with E-state index in [2.05, 4.69) is 6.58 Å². The predicted octanol–water partition coefficient (Wildman–Crippen LogP) is 2.83. The molecule has 1 N–H and O–H groups in total. The minimum absolute atomic E-state index is 0.175. The second-order valence-electron chi connectivity index (χ2n) is 5.57. The van der Waals surface area contributed by atoms with Gasteiger partial charge in [-0.2, -0.15) is 0 Å². The van der Waals surface area contributed by atoms with Gasteiger partial charge in [0.1, 0.15) is 12.4 Å². The van der Waals surface area contributed by atoms with Crippen molar-refractivity contribution >= 4 is 27.4 Å². The van der Waals surface area contributed by atoms with Gasteiger partial charge in [-0.25, -0.2) is 8.42 Å². The van der Waals surface area contributed by atoms with Crippen molar-refractivity contribution in [2.45, 2.75) is 11.3 Å². The van der Waals surface area contributed by atoms with Gasteiger partial charge in [-0.05, 0) is 18.2 Å². The molecule has 0 radical (unpaired) electrons. The summed E-state index contributed by atoms with van der Waals surface area (Å²) in [7, 11) is -4.25. The predicted molar refractivity (Wildman–Crippen MR) is 102 cm³/mol. The van der Waals surface area contributed by atoms with E-state index in [-0.39, 0.29) is 29.4 Å². The normalized spacial score (nSPS) is 10.9. The molecule has 0 saturated carbocycles. The topological polar surface area (TPSA) is 127 Å². The quantitative estimate of drug-likeness (QED) is 0.365. The van der Waals surface area contributed by atoms with Gasteiger partial charge in [-0.3, -0.25) is 19.2 Å². The van der Waals surface area contributed by atoms with Gasteiger partial charge in [0.05, 0.1) is 21.9 Å². The Morgan fingerprint density at radius 2 is 1.96 bits per heavy atom. The average molecular weight is 406 g/mol. The summed E-state index contributed by atoms with van der Waals surface area (Å²) in [4.78, 5) is 21.0. The summed E-state index contributed by atoms with van der Waals surface area (Å²) in [6.45, 7) is 3.38. The van der Waals surface area contributed by atoms with Crippen LogP contribution in [0.15, 0.2) is 66.1 Å². The molecule has 9 nitrogen and oxygen atoms in total. The van der Waals surface area contributed by atoms with Crippen LogP contribution < -0.4 is 9.04 Å². The monoisotopic (exact) mass is 406 g/mol. The number of non-ortho nitro benzene ring substituents is 1. The number of hydrogen-bond acceptors (Lipinski definition) is 6. The number of rotatable bonds is 10. The molecule has 0 aliphatic carbocycles. The summed E-state index contributed by atoms with van der Waals surface area (Å²) >= 11 is 0. The summed E-state index contributed by atoms with van der Waals surface area (Å²) in [5.41, 5.74) is -0.211. The minimum Gasteiger partial charge on any atom is -0.489 e. The molecule has 0 saturated heterocycles. The number of carbonyl (C=O) groups is 1. The number of hydrogen-bond donors (Lipinski definition) is 1. The van der Waals surface area contributed by atoms with E-state index in [9.17, 15) is 23.3 Å². The Kier molecular flexibility index (Phi) is 6.72. The lowest BCUT2D eigenvalue weighted by Gasteiger charge is -2.24. The Hall–Kier alpha value is -3.40. The van der Waals surface area contributed by atoms with Crippen molar-refractivity contribution in [1.82, 2.24) is 0 Å². The third-order valence-electron chi connectivity index (χ3n) is 3.62. The van der Waals surface area contributed by atoms with Crippen LogP contribution in [-0.4, -0.2) is 37.6 Å². The van der Waals surface area contributed by atoms with Crippen molar-refractivity contribution in [2.24, 2.45) is 0 Å². The SMILES string of the molecule is C=CCOc1cccc(N(CCC(=O)O)S(=O)(=O)c2cccc([N+](=O)[O-])c2)c1. The molecule has 0 bridgehead atoms. The fourth-order valence-electron chi connectivity index (χ4n) is 2.35. The van der Waals surface area contributed by atoms with E-state index in [4.69, 9.17) is 9.84 Å². The Morgan fingerprint density at radius 3 is 2.61 bits per heavy atom. The van der Waals surface area contributed by atoms with Crippen molar-refractivity contribution in [3.63, 3.8) is 0 Å². The first-order chi connectivity index (χ1) is 13.3. The van der Waals surface area contributed by atoms with Crippen LogP contribution in [0.5, 0.6) is 5.75 Å². The summed E-state index contributed by atoms with van der Waals surface area (Å²) in [6.07, 6.45) is 1.07. The molecule has 10 heteroatoms. The van der Waals surface area contributed by atoms with Gasteiger partial charge in [-0.15, -0.1) is 0 Å². The fourth-order valence-corrected chi connectivity index (χ4v) is 3.85. The molecular weight excluding hydrogens is 388 g/mol. The van der Waals surface area contributed by atoms with Gasteiger partial charge in [0.2, 0.25) is 0 Å². The van der Waals surface area contributed by atoms with Gasteiger partial charge in [0, 0.05) is 24.7 Å². The zero-order chi connectivity index (χ0) is 20.7. The summed E-state index contributed by atoms with van der Waals surface area (Å²) in [5, 5.41) is 20.0. The number of ether oxygens (including phenoxy) is 1. The molecule has 148 valence electrons. The first kappa shape index (κ1) is 20.9. The van der Waals surface area contributed by atoms with Crippen LogP contribution in [0.25, 0.3) is 0 Å². The Labute approximate surface area is 161 Å². The maximum atomic E-state index is 13.1. The zero-order valence-electron chi connectivity index (χ0n) is 14.7. The molecule has 0 aliphatic heterocycles. The van der Waals surface area contributed by atoms with E-state index < -0.39 is 27.3 Å². The van der Waals surface area contributed by atoms with Crippen molar-refractivity contribution in [3.8, 4) is 5.75 Å². The molecule has 0 heterocycles. The Morgan fingerprint density at radius 1 is 1.25 bits per heavy atom. The molecular formula is C18H18N2O7S. The van der Waals surface area contributed by atoms with E-state index in [1.54, 1.807) is 12.1 Å². The van der Waals surface area contributed by atoms with Crippen molar-refractivity contribution < 1.29 is 28.0 Å². The van der Waals surface area contributed by atoms with Crippen molar-refractivity contribution in [3.05, 3.63) is 71.3 Å². The van der Waals surface area contributed by atoms with Gasteiger partial charge >= 0.3 is 5.97 Å². The van der Waals surface area contributed by atoms with E-state index in [1.165, 1.54) is 36.4 Å². The highest BCUT2D eigenvalue weighted by Crippen LogP contribution is 2.28. The number of nitro groups is 1. The molecule has 0 fully saturated rings. The van der Waals surface area contributed by atoms with E-state index in [0.717, 1.165) is 10.4 Å². The number of anilines is 1. The number of benzene rings is 2. The lowest BCUT2D eigenvalue weighted by Crippen LogP contribution is -2.33. The molecule has 28 heavy (non-hydrogen) atoms. The van der Waals surface area contributed by atoms with E-state index in [1.807, 2.05) is 0 Å². The third kappa shape index (κ3) is 5.07. The number of sulfonamides is 1. The fraction of sp³-hybridized carbons (Fsp3) is 0.167. The van der Waals surface area contributed by atoms with Crippen LogP contribution in [0, 0.1) is 10.1 Å². The Balaban J connectivity index is 2.50. The van der Waals surface area contributed by atoms with Gasteiger partial charge in [-0.1, -0.05) is 24.8 Å². The van der Waals surface area contributed by atoms with E-state index >= 15 is 0 Å². The molecule has 0 spiro atoms. The van der Waals surface area contributed by atoms with Crippen LogP contribution in [0.2, 0.25) is 0 Å². The lowest BCUT2D eigenvalue weighted by atomic mass is 10.3. The van der Waals surface area contributed by atoms with Crippen LogP contribution >= 0.6 is 0 Å². The van der Waals surface area contributed by atoms with E-state index in [0.29, 0.717) is 5.75 Å². The smallest absolute Gasteiger partial charge is 0.305 e. The number of aliphatic carboxylic acids is 1. The molecule has 2 rings (SSSR count). The molecule has 2 aromatic carbocycles. The average Bonchev–Trinajstić information content (AvgIpc) is 2.66. The first-order valence-corrected chi connectivity index (χ1v) is 9.52. The largest absolute Gasteiger partial charge is 0.489 e. The molecule has 0 aliphatic rings. The van der Waals surface area contributed by atoms with Crippen LogP contribution in [0.3, 0.4) is 0 Å². The van der Waals surface area contributed by atoms with Crippen molar-refractivity contribution in [1.29, 1.82) is 0 Å². The maximum Gasteiger partial charge on any atom is 0.305 e. The number of carboxylic acids is 1. The zero-order valence-corrected chi connectivity index (χ0v) is 15.5. The number of carboxylic acid groups (broad SMARTS) is 1. The third-order valence-corrected chi connectivity index (χ3v) is 5.44. The number of nitro benzene ring substituents is 1. The molecule has 0 unspecified atom stereocenters. The number of nitrogens with zero attached hydrogens (tertiary/aromatic N) is 2. The van der Waals surface area contributed by atoms with Crippen molar-refractivity contribution in [2.75, 3.05) is 17.5 Å². The molecule has 0 atom stereocenters. The first-order valence-electron chi connectivity index (χ1n) is 8.08. The summed E-state index contributed by atoms with van der Waals surface area (Å²) in [5.74, 6) is -0.815.